The maximum absolute atomic E-state index is 11.3. The van der Waals surface area contributed by atoms with Crippen LogP contribution in [-0.4, -0.2) is 17.2 Å². The van der Waals surface area contributed by atoms with E-state index >= 15 is 0 Å². The topological polar surface area (TPSA) is 61.7 Å². The first-order valence-electron chi connectivity index (χ1n) is 5.83. The van der Waals surface area contributed by atoms with Crippen molar-refractivity contribution in [2.75, 3.05) is 0 Å². The summed E-state index contributed by atoms with van der Waals surface area (Å²) >= 11 is 0. The fourth-order valence-electron chi connectivity index (χ4n) is 1.38. The van der Waals surface area contributed by atoms with E-state index < -0.39 is 0 Å². The third-order valence-electron chi connectivity index (χ3n) is 2.28. The normalized spacial score (nSPS) is 10.6. The van der Waals surface area contributed by atoms with Gasteiger partial charge in [-0.15, -0.1) is 0 Å². The van der Waals surface area contributed by atoms with Crippen LogP contribution >= 0.6 is 0 Å². The predicted molar refractivity (Wildman–Crippen MR) is 68.0 cm³/mol. The number of hydrazone groups is 1. The fraction of sp³-hybridized carbons (Fsp3) is 0.385. The van der Waals surface area contributed by atoms with E-state index in [1.165, 1.54) is 6.21 Å². The molecule has 0 radical (unpaired) electrons. The first kappa shape index (κ1) is 13.2. The number of hydrogen-bond donors (Lipinski definition) is 2. The van der Waals surface area contributed by atoms with Crippen LogP contribution in [0.4, 0.5) is 0 Å². The number of phenols is 1. The Morgan fingerprint density at radius 2 is 2.29 bits per heavy atom. The lowest BCUT2D eigenvalue weighted by Crippen LogP contribution is -2.16. The SMILES string of the molecule is CCCCCC(=O)NN=Cc1cccc(O)c1. The molecule has 0 aromatic heterocycles. The van der Waals surface area contributed by atoms with Gasteiger partial charge >= 0.3 is 0 Å². The van der Waals surface area contributed by atoms with Crippen molar-refractivity contribution in [3.63, 3.8) is 0 Å². The van der Waals surface area contributed by atoms with Crippen LogP contribution in [0.15, 0.2) is 29.4 Å². The van der Waals surface area contributed by atoms with Gasteiger partial charge in [-0.25, -0.2) is 5.43 Å². The molecule has 0 saturated heterocycles. The summed E-state index contributed by atoms with van der Waals surface area (Å²) in [6.45, 7) is 2.10. The minimum atomic E-state index is -0.0742. The molecule has 0 saturated carbocycles. The zero-order valence-corrected chi connectivity index (χ0v) is 10.0. The van der Waals surface area contributed by atoms with Crippen molar-refractivity contribution in [3.8, 4) is 5.75 Å². The van der Waals surface area contributed by atoms with Crippen LogP contribution < -0.4 is 5.43 Å². The Morgan fingerprint density at radius 1 is 1.47 bits per heavy atom. The van der Waals surface area contributed by atoms with Gasteiger partial charge in [0, 0.05) is 6.42 Å². The van der Waals surface area contributed by atoms with Gasteiger partial charge in [0.2, 0.25) is 5.91 Å². The highest BCUT2D eigenvalue weighted by molar-refractivity contribution is 5.82. The molecule has 1 aromatic carbocycles. The van der Waals surface area contributed by atoms with E-state index in [-0.39, 0.29) is 11.7 Å². The molecule has 17 heavy (non-hydrogen) atoms. The molecule has 0 spiro atoms. The number of aromatic hydroxyl groups is 1. The van der Waals surface area contributed by atoms with E-state index in [1.54, 1.807) is 24.3 Å². The number of nitrogens with zero attached hydrogens (tertiary/aromatic N) is 1. The summed E-state index contributed by atoms with van der Waals surface area (Å²) in [5.41, 5.74) is 3.21. The fourth-order valence-corrected chi connectivity index (χ4v) is 1.38. The van der Waals surface area contributed by atoms with Crippen LogP contribution in [0.5, 0.6) is 5.75 Å². The average molecular weight is 234 g/mol. The van der Waals surface area contributed by atoms with Gasteiger partial charge in [0.25, 0.3) is 0 Å². The lowest BCUT2D eigenvalue weighted by Gasteiger charge is -1.98. The second kappa shape index (κ2) is 7.44. The summed E-state index contributed by atoms with van der Waals surface area (Å²) < 4.78 is 0. The molecule has 0 aliphatic heterocycles. The molecule has 0 atom stereocenters. The Hall–Kier alpha value is -1.84. The Morgan fingerprint density at radius 3 is 3.00 bits per heavy atom. The molecular formula is C13H18N2O2. The number of phenolic OH excluding ortho intramolecular Hbond substituents is 1. The Bertz CT molecular complexity index is 389. The van der Waals surface area contributed by atoms with Gasteiger partial charge in [0.15, 0.2) is 0 Å². The molecule has 2 N–H and O–H groups in total. The lowest BCUT2D eigenvalue weighted by atomic mass is 10.2. The highest BCUT2D eigenvalue weighted by Gasteiger charge is 1.97. The summed E-state index contributed by atoms with van der Waals surface area (Å²) in [5, 5.41) is 13.0. The number of unbranched alkanes of at least 4 members (excludes halogenated alkanes) is 2. The lowest BCUT2D eigenvalue weighted by molar-refractivity contribution is -0.121. The van der Waals surface area contributed by atoms with E-state index in [9.17, 15) is 9.90 Å². The molecule has 0 aliphatic rings. The van der Waals surface area contributed by atoms with Gasteiger partial charge in [0.05, 0.1) is 6.21 Å². The third kappa shape index (κ3) is 5.70. The van der Waals surface area contributed by atoms with Crippen LogP contribution in [0.25, 0.3) is 0 Å². The number of amides is 1. The molecule has 1 aromatic rings. The molecule has 1 amide bonds. The standard InChI is InChI=1S/C13H18N2O2/c1-2-3-4-8-13(17)15-14-10-11-6-5-7-12(16)9-11/h5-7,9-10,16H,2-4,8H2,1H3,(H,15,17). The summed E-state index contributed by atoms with van der Waals surface area (Å²) in [5.74, 6) is 0.109. The van der Waals surface area contributed by atoms with E-state index in [0.717, 1.165) is 24.8 Å². The Balaban J connectivity index is 2.32. The summed E-state index contributed by atoms with van der Waals surface area (Å²) in [6.07, 6.45) is 5.07. The van der Waals surface area contributed by atoms with Gasteiger partial charge in [0.1, 0.15) is 5.75 Å². The zero-order valence-electron chi connectivity index (χ0n) is 10.0. The van der Waals surface area contributed by atoms with Crippen molar-refractivity contribution in [1.29, 1.82) is 0 Å². The number of carbonyl (C=O) groups excluding carboxylic acids is 1. The van der Waals surface area contributed by atoms with Crippen molar-refractivity contribution in [1.82, 2.24) is 5.43 Å². The second-order valence-corrected chi connectivity index (χ2v) is 3.85. The molecule has 0 bridgehead atoms. The van der Waals surface area contributed by atoms with Gasteiger partial charge in [-0.2, -0.15) is 5.10 Å². The van der Waals surface area contributed by atoms with Crippen LogP contribution in [0.3, 0.4) is 0 Å². The molecule has 4 heteroatoms. The van der Waals surface area contributed by atoms with E-state index in [4.69, 9.17) is 0 Å². The number of nitrogens with one attached hydrogen (secondary N) is 1. The monoisotopic (exact) mass is 234 g/mol. The minimum Gasteiger partial charge on any atom is -0.508 e. The van der Waals surface area contributed by atoms with Crippen molar-refractivity contribution in [2.45, 2.75) is 32.6 Å². The van der Waals surface area contributed by atoms with Crippen LogP contribution in [0.1, 0.15) is 38.2 Å². The van der Waals surface area contributed by atoms with Crippen LogP contribution in [0.2, 0.25) is 0 Å². The van der Waals surface area contributed by atoms with Gasteiger partial charge in [-0.3, -0.25) is 4.79 Å². The zero-order chi connectivity index (χ0) is 12.5. The van der Waals surface area contributed by atoms with Crippen LogP contribution in [-0.2, 0) is 4.79 Å². The molecule has 0 fully saturated rings. The van der Waals surface area contributed by atoms with E-state index in [1.807, 2.05) is 0 Å². The van der Waals surface area contributed by atoms with Crippen molar-refractivity contribution in [2.24, 2.45) is 5.10 Å². The highest BCUT2D eigenvalue weighted by atomic mass is 16.3. The Labute approximate surface area is 101 Å². The number of rotatable bonds is 6. The molecule has 1 rings (SSSR count). The molecular weight excluding hydrogens is 216 g/mol. The maximum atomic E-state index is 11.3. The molecule has 0 aliphatic carbocycles. The first-order valence-corrected chi connectivity index (χ1v) is 5.83. The van der Waals surface area contributed by atoms with Gasteiger partial charge in [-0.05, 0) is 24.1 Å². The van der Waals surface area contributed by atoms with Crippen molar-refractivity contribution < 1.29 is 9.90 Å². The van der Waals surface area contributed by atoms with Crippen molar-refractivity contribution >= 4 is 12.1 Å². The smallest absolute Gasteiger partial charge is 0.240 e. The molecule has 0 unspecified atom stereocenters. The average Bonchev–Trinajstić information content (AvgIpc) is 2.29. The molecule has 4 nitrogen and oxygen atoms in total. The van der Waals surface area contributed by atoms with Crippen LogP contribution in [0, 0.1) is 0 Å². The maximum Gasteiger partial charge on any atom is 0.240 e. The predicted octanol–water partition coefficient (Wildman–Crippen LogP) is 2.42. The molecule has 92 valence electrons. The largest absolute Gasteiger partial charge is 0.508 e. The van der Waals surface area contributed by atoms with Crippen molar-refractivity contribution in [3.05, 3.63) is 29.8 Å². The van der Waals surface area contributed by atoms with Gasteiger partial charge < -0.3 is 5.11 Å². The summed E-state index contributed by atoms with van der Waals surface area (Å²) in [6, 6.07) is 6.68. The minimum absolute atomic E-state index is 0.0742. The van der Waals surface area contributed by atoms with E-state index in [0.29, 0.717) is 6.42 Å². The second-order valence-electron chi connectivity index (χ2n) is 3.85. The number of benzene rings is 1. The van der Waals surface area contributed by atoms with E-state index in [2.05, 4.69) is 17.5 Å². The Kier molecular flexibility index (Phi) is 5.79. The summed E-state index contributed by atoms with van der Waals surface area (Å²) in [7, 11) is 0. The summed E-state index contributed by atoms with van der Waals surface area (Å²) in [4.78, 5) is 11.3. The van der Waals surface area contributed by atoms with Gasteiger partial charge in [-0.1, -0.05) is 31.9 Å². The first-order chi connectivity index (χ1) is 8.22. The number of hydrogen-bond acceptors (Lipinski definition) is 3. The number of carbonyl (C=O) groups is 1. The molecule has 0 heterocycles. The highest BCUT2D eigenvalue weighted by Crippen LogP contribution is 2.08. The quantitative estimate of drug-likeness (QED) is 0.451. The third-order valence-corrected chi connectivity index (χ3v) is 2.28.